The van der Waals surface area contributed by atoms with Crippen LogP contribution in [0.3, 0.4) is 0 Å². The fourth-order valence-electron chi connectivity index (χ4n) is 0.124. The Hall–Kier alpha value is -0.320. The van der Waals surface area contributed by atoms with Gasteiger partial charge in [0.25, 0.3) is 5.78 Å². The molecule has 0 rings (SSSR count). The van der Waals surface area contributed by atoms with Crippen molar-refractivity contribution in [2.45, 2.75) is 11.8 Å². The number of Topliss-reactive ketones (excluding diaryl/α,β-unsaturated/α-hetero) is 1. The minimum Gasteiger partial charge on any atom is -0.285 e. The SMILES string of the molecule is O=C(C(F)F)C(F)(F)Cl. The highest BCUT2D eigenvalue weighted by molar-refractivity contribution is 6.32. The molecular formula is C3HClF4O. The van der Waals surface area contributed by atoms with Gasteiger partial charge in [-0.3, -0.25) is 4.79 Å². The summed E-state index contributed by atoms with van der Waals surface area (Å²) in [4.78, 5) is 9.53. The van der Waals surface area contributed by atoms with Crippen LogP contribution in [0.15, 0.2) is 0 Å². The van der Waals surface area contributed by atoms with Gasteiger partial charge in [-0.05, 0) is 11.6 Å². The van der Waals surface area contributed by atoms with Crippen LogP contribution in [0.25, 0.3) is 0 Å². The van der Waals surface area contributed by atoms with Gasteiger partial charge in [-0.2, -0.15) is 8.78 Å². The molecule has 0 bridgehead atoms. The van der Waals surface area contributed by atoms with Crippen molar-refractivity contribution in [1.29, 1.82) is 0 Å². The first-order valence-electron chi connectivity index (χ1n) is 1.75. The maximum absolute atomic E-state index is 11.3. The standard InChI is InChI=1S/C3HClF4O/c4-3(7,8)1(9)2(5)6/h2H. The summed E-state index contributed by atoms with van der Waals surface area (Å²) < 4.78 is 44.6. The Labute approximate surface area is 52.6 Å². The van der Waals surface area contributed by atoms with E-state index in [1.165, 1.54) is 0 Å². The lowest BCUT2D eigenvalue weighted by molar-refractivity contribution is -0.144. The quantitative estimate of drug-likeness (QED) is 0.448. The second-order valence-corrected chi connectivity index (χ2v) is 1.64. The minimum atomic E-state index is -4.44. The summed E-state index contributed by atoms with van der Waals surface area (Å²) in [5.41, 5.74) is 0. The highest BCUT2D eigenvalue weighted by Crippen LogP contribution is 2.22. The van der Waals surface area contributed by atoms with E-state index in [1.54, 1.807) is 0 Å². The average Bonchev–Trinajstić information content (AvgIpc) is 1.62. The summed E-state index contributed by atoms with van der Waals surface area (Å²) in [5.74, 6) is -2.57. The van der Waals surface area contributed by atoms with Crippen LogP contribution in [0.1, 0.15) is 0 Å². The number of ketones is 1. The van der Waals surface area contributed by atoms with Crippen LogP contribution >= 0.6 is 11.6 Å². The van der Waals surface area contributed by atoms with E-state index >= 15 is 0 Å². The van der Waals surface area contributed by atoms with Gasteiger partial charge in [0.2, 0.25) is 0 Å². The van der Waals surface area contributed by atoms with Crippen LogP contribution in [0.2, 0.25) is 0 Å². The molecule has 0 aliphatic heterocycles. The molecule has 0 fully saturated rings. The summed E-state index contributed by atoms with van der Waals surface area (Å²) in [7, 11) is 0. The second-order valence-electron chi connectivity index (χ2n) is 1.16. The van der Waals surface area contributed by atoms with Gasteiger partial charge in [-0.25, -0.2) is 8.78 Å². The molecule has 0 amide bonds. The molecule has 9 heavy (non-hydrogen) atoms. The van der Waals surface area contributed by atoms with E-state index in [-0.39, 0.29) is 0 Å². The average molecular weight is 164 g/mol. The van der Waals surface area contributed by atoms with E-state index in [0.717, 1.165) is 0 Å². The van der Waals surface area contributed by atoms with Gasteiger partial charge in [-0.1, -0.05) is 0 Å². The molecule has 0 aliphatic rings. The topological polar surface area (TPSA) is 17.1 Å². The van der Waals surface area contributed by atoms with Gasteiger partial charge < -0.3 is 0 Å². The van der Waals surface area contributed by atoms with Crippen LogP contribution in [0, 0.1) is 0 Å². The molecule has 0 N–H and O–H groups in total. The highest BCUT2D eigenvalue weighted by atomic mass is 35.5. The molecular weight excluding hydrogens is 163 g/mol. The number of halogens is 5. The van der Waals surface area contributed by atoms with Crippen molar-refractivity contribution < 1.29 is 22.4 Å². The lowest BCUT2D eigenvalue weighted by Gasteiger charge is -2.02. The predicted octanol–water partition coefficient (Wildman–Crippen LogP) is 1.65. The van der Waals surface area contributed by atoms with E-state index in [0.29, 0.717) is 0 Å². The zero-order chi connectivity index (χ0) is 7.65. The van der Waals surface area contributed by atoms with E-state index in [4.69, 9.17) is 0 Å². The predicted molar refractivity (Wildman–Crippen MR) is 21.8 cm³/mol. The lowest BCUT2D eigenvalue weighted by atomic mass is 10.4. The molecule has 0 aliphatic carbocycles. The van der Waals surface area contributed by atoms with Crippen molar-refractivity contribution in [1.82, 2.24) is 0 Å². The van der Waals surface area contributed by atoms with Crippen molar-refractivity contribution >= 4 is 17.4 Å². The summed E-state index contributed by atoms with van der Waals surface area (Å²) in [6.07, 6.45) is -3.71. The van der Waals surface area contributed by atoms with Crippen molar-refractivity contribution in [3.8, 4) is 0 Å². The molecule has 0 saturated heterocycles. The van der Waals surface area contributed by atoms with Crippen LogP contribution < -0.4 is 0 Å². The van der Waals surface area contributed by atoms with E-state index in [2.05, 4.69) is 11.6 Å². The molecule has 54 valence electrons. The first kappa shape index (κ1) is 8.68. The molecule has 0 radical (unpaired) electrons. The van der Waals surface area contributed by atoms with Crippen molar-refractivity contribution in [3.63, 3.8) is 0 Å². The van der Waals surface area contributed by atoms with E-state index in [9.17, 15) is 22.4 Å². The van der Waals surface area contributed by atoms with Crippen molar-refractivity contribution in [2.24, 2.45) is 0 Å². The van der Waals surface area contributed by atoms with Crippen molar-refractivity contribution in [2.75, 3.05) is 0 Å². The Bertz CT molecular complexity index is 117. The molecule has 0 spiro atoms. The Kier molecular flexibility index (Phi) is 2.42. The van der Waals surface area contributed by atoms with Crippen LogP contribution in [-0.2, 0) is 4.79 Å². The smallest absolute Gasteiger partial charge is 0.285 e. The Balaban J connectivity index is 4.06. The van der Waals surface area contributed by atoms with Crippen molar-refractivity contribution in [3.05, 3.63) is 0 Å². The minimum absolute atomic E-state index is 2.57. The number of carbonyl (C=O) groups excluding carboxylic acids is 1. The largest absolute Gasteiger partial charge is 0.386 e. The van der Waals surface area contributed by atoms with Gasteiger partial charge in [0.1, 0.15) is 0 Å². The Morgan fingerprint density at radius 3 is 1.78 bits per heavy atom. The molecule has 0 aromatic carbocycles. The zero-order valence-electron chi connectivity index (χ0n) is 3.88. The fraction of sp³-hybridized carbons (Fsp3) is 0.667. The van der Waals surface area contributed by atoms with E-state index in [1.807, 2.05) is 0 Å². The third-order valence-corrected chi connectivity index (χ3v) is 0.664. The molecule has 0 unspecified atom stereocenters. The summed E-state index contributed by atoms with van der Waals surface area (Å²) >= 11 is 3.92. The molecule has 0 heterocycles. The zero-order valence-corrected chi connectivity index (χ0v) is 4.63. The first-order chi connectivity index (χ1) is 3.85. The molecule has 0 saturated carbocycles. The molecule has 6 heteroatoms. The summed E-state index contributed by atoms with van der Waals surface area (Å²) in [5, 5.41) is -4.44. The summed E-state index contributed by atoms with van der Waals surface area (Å²) in [6.45, 7) is 0. The van der Waals surface area contributed by atoms with Crippen LogP contribution in [-0.4, -0.2) is 17.6 Å². The third-order valence-electron chi connectivity index (χ3n) is 0.478. The number of hydrogen-bond acceptors (Lipinski definition) is 1. The van der Waals surface area contributed by atoms with Gasteiger partial charge in [-0.15, -0.1) is 0 Å². The maximum Gasteiger partial charge on any atom is 0.386 e. The van der Waals surface area contributed by atoms with Crippen LogP contribution in [0.4, 0.5) is 17.6 Å². The monoisotopic (exact) mass is 164 g/mol. The fourth-order valence-corrected chi connectivity index (χ4v) is 0.206. The van der Waals surface area contributed by atoms with Gasteiger partial charge >= 0.3 is 11.8 Å². The first-order valence-corrected chi connectivity index (χ1v) is 2.12. The number of alkyl halides is 5. The molecule has 0 atom stereocenters. The molecule has 0 aromatic rings. The Morgan fingerprint density at radius 2 is 1.78 bits per heavy atom. The molecule has 1 nitrogen and oxygen atoms in total. The van der Waals surface area contributed by atoms with Crippen LogP contribution in [0.5, 0.6) is 0 Å². The van der Waals surface area contributed by atoms with Gasteiger partial charge in [0, 0.05) is 0 Å². The number of hydrogen-bond donors (Lipinski definition) is 0. The van der Waals surface area contributed by atoms with Gasteiger partial charge in [0.15, 0.2) is 0 Å². The highest BCUT2D eigenvalue weighted by Gasteiger charge is 2.41. The lowest BCUT2D eigenvalue weighted by Crippen LogP contribution is -2.27. The third kappa shape index (κ3) is 2.64. The maximum atomic E-state index is 11.3. The van der Waals surface area contributed by atoms with Gasteiger partial charge in [0.05, 0.1) is 0 Å². The number of rotatable bonds is 2. The molecule has 0 aromatic heterocycles. The number of carbonyl (C=O) groups is 1. The second kappa shape index (κ2) is 2.51. The Morgan fingerprint density at radius 1 is 1.44 bits per heavy atom. The van der Waals surface area contributed by atoms with E-state index < -0.39 is 17.6 Å². The summed E-state index contributed by atoms with van der Waals surface area (Å²) in [6, 6.07) is 0. The normalized spacial score (nSPS) is 12.2.